The lowest BCUT2D eigenvalue weighted by Crippen LogP contribution is -2.28. The molecule has 0 radical (unpaired) electrons. The summed E-state index contributed by atoms with van der Waals surface area (Å²) in [6.07, 6.45) is 0. The molecule has 30 heavy (non-hydrogen) atoms. The normalized spacial score (nSPS) is 10.9. The molecule has 0 spiro atoms. The Morgan fingerprint density at radius 1 is 1.03 bits per heavy atom. The first-order valence-electron chi connectivity index (χ1n) is 9.89. The van der Waals surface area contributed by atoms with Crippen LogP contribution in [0.2, 0.25) is 0 Å². The highest BCUT2D eigenvalue weighted by molar-refractivity contribution is 5.84. The van der Waals surface area contributed by atoms with Crippen LogP contribution in [0.25, 0.3) is 16.7 Å². The molecule has 2 aromatic heterocycles. The molecule has 1 amide bonds. The number of aryl methyl sites for hydroxylation is 3. The van der Waals surface area contributed by atoms with Crippen LogP contribution in [0.5, 0.6) is 5.88 Å². The van der Waals surface area contributed by atoms with Gasteiger partial charge in [-0.05, 0) is 44.0 Å². The molecule has 6 nitrogen and oxygen atoms in total. The molecule has 1 N–H and O–H groups in total. The van der Waals surface area contributed by atoms with Crippen LogP contribution in [-0.2, 0) is 11.3 Å². The van der Waals surface area contributed by atoms with E-state index in [1.165, 1.54) is 5.56 Å². The third-order valence-electron chi connectivity index (χ3n) is 4.95. The quantitative estimate of drug-likeness (QED) is 0.530. The average molecular weight is 400 g/mol. The van der Waals surface area contributed by atoms with Crippen LogP contribution in [0.3, 0.4) is 0 Å². The largest absolute Gasteiger partial charge is 0.468 e. The van der Waals surface area contributed by atoms with Gasteiger partial charge in [0.05, 0.1) is 11.4 Å². The summed E-state index contributed by atoms with van der Waals surface area (Å²) in [5, 5.41) is 8.52. The lowest BCUT2D eigenvalue weighted by atomic mass is 10.1. The van der Waals surface area contributed by atoms with Crippen LogP contribution in [0.15, 0.2) is 60.7 Å². The molecule has 0 aliphatic carbocycles. The van der Waals surface area contributed by atoms with E-state index in [0.29, 0.717) is 12.4 Å². The molecule has 0 saturated heterocycles. The molecule has 0 fully saturated rings. The van der Waals surface area contributed by atoms with Gasteiger partial charge in [-0.25, -0.2) is 4.68 Å². The molecule has 4 rings (SSSR count). The highest BCUT2D eigenvalue weighted by atomic mass is 16.5. The highest BCUT2D eigenvalue weighted by Crippen LogP contribution is 2.26. The van der Waals surface area contributed by atoms with Crippen LogP contribution in [0, 0.1) is 20.8 Å². The molecular weight excluding hydrogens is 376 g/mol. The van der Waals surface area contributed by atoms with E-state index in [9.17, 15) is 4.79 Å². The molecule has 0 bridgehead atoms. The standard InChI is InChI=1S/C24H24N4O2/c1-16-9-11-20(12-10-16)28-24-23(18(3)27-28)17(2)13-22(26-24)30-15-21(29)25-14-19-7-5-4-6-8-19/h4-13H,14-15H2,1-3H3,(H,25,29). The van der Waals surface area contributed by atoms with E-state index < -0.39 is 0 Å². The van der Waals surface area contributed by atoms with Gasteiger partial charge < -0.3 is 10.1 Å². The highest BCUT2D eigenvalue weighted by Gasteiger charge is 2.15. The molecule has 0 aliphatic rings. The van der Waals surface area contributed by atoms with Gasteiger partial charge in [0.15, 0.2) is 12.3 Å². The number of carbonyl (C=O) groups is 1. The molecule has 2 aromatic carbocycles. The summed E-state index contributed by atoms with van der Waals surface area (Å²) in [4.78, 5) is 16.8. The van der Waals surface area contributed by atoms with Crippen molar-refractivity contribution in [2.75, 3.05) is 6.61 Å². The maximum atomic E-state index is 12.2. The smallest absolute Gasteiger partial charge is 0.258 e. The fourth-order valence-corrected chi connectivity index (χ4v) is 3.40. The van der Waals surface area contributed by atoms with Crippen LogP contribution in [-0.4, -0.2) is 27.3 Å². The van der Waals surface area contributed by atoms with E-state index in [-0.39, 0.29) is 12.5 Å². The molecular formula is C24H24N4O2. The Hall–Kier alpha value is -3.67. The van der Waals surface area contributed by atoms with Crippen molar-refractivity contribution in [1.29, 1.82) is 0 Å². The van der Waals surface area contributed by atoms with Crippen LogP contribution >= 0.6 is 0 Å². The predicted molar refractivity (Wildman–Crippen MR) is 117 cm³/mol. The lowest BCUT2D eigenvalue weighted by molar-refractivity contribution is -0.123. The van der Waals surface area contributed by atoms with Crippen molar-refractivity contribution >= 4 is 16.9 Å². The first-order chi connectivity index (χ1) is 14.5. The number of rotatable bonds is 6. The second kappa shape index (κ2) is 8.37. The Labute approximate surface area is 175 Å². The Balaban J connectivity index is 1.52. The number of nitrogens with one attached hydrogen (secondary N) is 1. The number of nitrogens with zero attached hydrogens (tertiary/aromatic N) is 3. The third kappa shape index (κ3) is 4.17. The summed E-state index contributed by atoms with van der Waals surface area (Å²) >= 11 is 0. The van der Waals surface area contributed by atoms with Gasteiger partial charge in [0.2, 0.25) is 5.88 Å². The molecule has 0 atom stereocenters. The van der Waals surface area contributed by atoms with E-state index in [2.05, 4.69) is 15.4 Å². The van der Waals surface area contributed by atoms with Crippen molar-refractivity contribution in [2.24, 2.45) is 0 Å². The minimum absolute atomic E-state index is 0.0948. The van der Waals surface area contributed by atoms with Crippen LogP contribution < -0.4 is 10.1 Å². The fourth-order valence-electron chi connectivity index (χ4n) is 3.40. The number of fused-ring (bicyclic) bond motifs is 1. The number of benzene rings is 2. The van der Waals surface area contributed by atoms with E-state index in [1.54, 1.807) is 0 Å². The summed E-state index contributed by atoms with van der Waals surface area (Å²) < 4.78 is 7.52. The third-order valence-corrected chi connectivity index (χ3v) is 4.95. The number of pyridine rings is 1. The first kappa shape index (κ1) is 19.6. The van der Waals surface area contributed by atoms with E-state index >= 15 is 0 Å². The van der Waals surface area contributed by atoms with E-state index in [4.69, 9.17) is 4.74 Å². The number of amides is 1. The van der Waals surface area contributed by atoms with Gasteiger partial charge in [-0.2, -0.15) is 10.1 Å². The zero-order chi connectivity index (χ0) is 21.1. The monoisotopic (exact) mass is 400 g/mol. The Morgan fingerprint density at radius 3 is 2.50 bits per heavy atom. The van der Waals surface area contributed by atoms with Gasteiger partial charge in [-0.1, -0.05) is 48.0 Å². The number of hydrogen-bond donors (Lipinski definition) is 1. The van der Waals surface area contributed by atoms with Gasteiger partial charge in [0, 0.05) is 18.0 Å². The van der Waals surface area contributed by atoms with Crippen LogP contribution in [0.1, 0.15) is 22.4 Å². The topological polar surface area (TPSA) is 69.0 Å². The zero-order valence-electron chi connectivity index (χ0n) is 17.3. The van der Waals surface area contributed by atoms with Crippen molar-refractivity contribution < 1.29 is 9.53 Å². The Bertz CT molecular complexity index is 1180. The summed E-state index contributed by atoms with van der Waals surface area (Å²) in [6, 6.07) is 19.7. The maximum Gasteiger partial charge on any atom is 0.258 e. The summed E-state index contributed by atoms with van der Waals surface area (Å²) in [7, 11) is 0. The SMILES string of the molecule is Cc1ccc(-n2nc(C)c3c(C)cc(OCC(=O)NCc4ccccc4)nc32)cc1. The zero-order valence-corrected chi connectivity index (χ0v) is 17.3. The first-order valence-corrected chi connectivity index (χ1v) is 9.89. The van der Waals surface area contributed by atoms with Crippen molar-refractivity contribution in [3.63, 3.8) is 0 Å². The molecule has 152 valence electrons. The molecule has 0 saturated carbocycles. The predicted octanol–water partition coefficient (Wildman–Crippen LogP) is 4.04. The van der Waals surface area contributed by atoms with Gasteiger partial charge in [-0.15, -0.1) is 0 Å². The van der Waals surface area contributed by atoms with Gasteiger partial charge >= 0.3 is 0 Å². The average Bonchev–Trinajstić information content (AvgIpc) is 3.09. The minimum atomic E-state index is -0.193. The number of hydrogen-bond acceptors (Lipinski definition) is 4. The van der Waals surface area contributed by atoms with Crippen molar-refractivity contribution in [2.45, 2.75) is 27.3 Å². The maximum absolute atomic E-state index is 12.2. The van der Waals surface area contributed by atoms with Crippen LogP contribution in [0.4, 0.5) is 0 Å². The summed E-state index contributed by atoms with van der Waals surface area (Å²) in [5.41, 5.74) is 5.79. The van der Waals surface area contributed by atoms with Crippen molar-refractivity contribution in [3.8, 4) is 11.6 Å². The molecule has 0 aliphatic heterocycles. The lowest BCUT2D eigenvalue weighted by Gasteiger charge is -2.09. The van der Waals surface area contributed by atoms with Gasteiger partial charge in [0.25, 0.3) is 5.91 Å². The molecule has 6 heteroatoms. The van der Waals surface area contributed by atoms with Gasteiger partial charge in [0.1, 0.15) is 0 Å². The molecule has 2 heterocycles. The minimum Gasteiger partial charge on any atom is -0.468 e. The van der Waals surface area contributed by atoms with Crippen molar-refractivity contribution in [3.05, 3.63) is 83.0 Å². The van der Waals surface area contributed by atoms with Crippen molar-refractivity contribution in [1.82, 2.24) is 20.1 Å². The molecule has 0 unspecified atom stereocenters. The number of aromatic nitrogens is 3. The fraction of sp³-hybridized carbons (Fsp3) is 0.208. The Kier molecular flexibility index (Phi) is 5.48. The summed E-state index contributed by atoms with van der Waals surface area (Å²) in [5.74, 6) is 0.213. The van der Waals surface area contributed by atoms with E-state index in [0.717, 1.165) is 33.5 Å². The number of ether oxygens (including phenoxy) is 1. The second-order valence-electron chi connectivity index (χ2n) is 7.36. The van der Waals surface area contributed by atoms with Gasteiger partial charge in [-0.3, -0.25) is 4.79 Å². The molecule has 4 aromatic rings. The summed E-state index contributed by atoms with van der Waals surface area (Å²) in [6.45, 7) is 6.39. The number of carbonyl (C=O) groups excluding carboxylic acids is 1. The second-order valence-corrected chi connectivity index (χ2v) is 7.36. The Morgan fingerprint density at radius 2 is 1.77 bits per heavy atom. The van der Waals surface area contributed by atoms with E-state index in [1.807, 2.05) is 86.1 Å².